The number of rotatable bonds is 13. The standard InChI is InChI=1S/C28H33NO7S/c1-4-34-27(28(31)29-20(2)25-7-5-6-8-26(25)30)19-22-11-13-23(14-12-22)35-18-17-21-9-15-24(16-10-21)36-37(3,32)33/h5-16,20,27,30H,4,17-19H2,1-3H3,(H,29,31)/t20?,27-/m1/s1. The molecule has 0 bridgehead atoms. The van der Waals surface area contributed by atoms with Crippen molar-refractivity contribution >= 4 is 16.0 Å². The van der Waals surface area contributed by atoms with Gasteiger partial charge in [-0.25, -0.2) is 0 Å². The quantitative estimate of drug-likeness (QED) is 0.321. The fraction of sp³-hybridized carbons (Fsp3) is 0.321. The summed E-state index contributed by atoms with van der Waals surface area (Å²) in [7, 11) is -3.55. The average molecular weight is 528 g/mol. The molecule has 2 N–H and O–H groups in total. The minimum Gasteiger partial charge on any atom is -0.508 e. The van der Waals surface area contributed by atoms with Gasteiger partial charge < -0.3 is 24.1 Å². The van der Waals surface area contributed by atoms with Crippen molar-refractivity contribution in [2.24, 2.45) is 0 Å². The molecule has 1 amide bonds. The number of ether oxygens (including phenoxy) is 2. The number of para-hydroxylation sites is 1. The summed E-state index contributed by atoms with van der Waals surface area (Å²) in [4.78, 5) is 12.9. The van der Waals surface area contributed by atoms with Crippen molar-refractivity contribution in [1.29, 1.82) is 0 Å². The Kier molecular flexibility index (Phi) is 9.93. The molecule has 0 aliphatic carbocycles. The maximum atomic E-state index is 12.9. The molecule has 3 aromatic carbocycles. The number of aromatic hydroxyl groups is 1. The molecule has 0 saturated heterocycles. The Hall–Kier alpha value is -3.56. The first-order chi connectivity index (χ1) is 17.6. The average Bonchev–Trinajstić information content (AvgIpc) is 2.85. The molecule has 8 nitrogen and oxygen atoms in total. The molecule has 0 fully saturated rings. The van der Waals surface area contributed by atoms with Crippen LogP contribution in [0.15, 0.2) is 72.8 Å². The third-order valence-corrected chi connectivity index (χ3v) is 6.09. The van der Waals surface area contributed by atoms with E-state index in [1.165, 1.54) is 0 Å². The van der Waals surface area contributed by atoms with Crippen molar-refractivity contribution in [2.45, 2.75) is 38.8 Å². The summed E-state index contributed by atoms with van der Waals surface area (Å²) in [5.41, 5.74) is 2.56. The lowest BCUT2D eigenvalue weighted by Gasteiger charge is -2.21. The number of carbonyl (C=O) groups is 1. The largest absolute Gasteiger partial charge is 0.508 e. The Morgan fingerprint density at radius 2 is 1.57 bits per heavy atom. The van der Waals surface area contributed by atoms with Crippen molar-refractivity contribution in [1.82, 2.24) is 5.32 Å². The Bertz CT molecular complexity index is 1260. The van der Waals surface area contributed by atoms with Crippen LogP contribution in [-0.4, -0.2) is 45.0 Å². The highest BCUT2D eigenvalue weighted by Gasteiger charge is 2.22. The van der Waals surface area contributed by atoms with E-state index in [1.54, 1.807) is 42.5 Å². The van der Waals surface area contributed by atoms with Crippen molar-refractivity contribution in [3.63, 3.8) is 0 Å². The Morgan fingerprint density at radius 1 is 0.946 bits per heavy atom. The predicted octanol–water partition coefficient (Wildman–Crippen LogP) is 4.18. The van der Waals surface area contributed by atoms with Gasteiger partial charge in [0.15, 0.2) is 0 Å². The van der Waals surface area contributed by atoms with Gasteiger partial charge in [0.2, 0.25) is 5.91 Å². The number of nitrogens with one attached hydrogen (secondary N) is 1. The molecule has 0 radical (unpaired) electrons. The SMILES string of the molecule is CCO[C@H](Cc1ccc(OCCc2ccc(OS(C)(=O)=O)cc2)cc1)C(=O)NC(C)c1ccccc1O. The van der Waals surface area contributed by atoms with E-state index in [9.17, 15) is 18.3 Å². The van der Waals surface area contributed by atoms with Crippen molar-refractivity contribution in [3.8, 4) is 17.2 Å². The normalized spacial score (nSPS) is 12.9. The molecule has 0 saturated carbocycles. The molecule has 0 aliphatic heterocycles. The zero-order valence-electron chi connectivity index (χ0n) is 21.2. The zero-order valence-corrected chi connectivity index (χ0v) is 22.0. The van der Waals surface area contributed by atoms with Gasteiger partial charge in [-0.3, -0.25) is 4.79 Å². The van der Waals surface area contributed by atoms with Crippen LogP contribution in [0.25, 0.3) is 0 Å². The second-order valence-corrected chi connectivity index (χ2v) is 10.2. The maximum Gasteiger partial charge on any atom is 0.306 e. The molecule has 9 heteroatoms. The first kappa shape index (κ1) is 28.0. The van der Waals surface area contributed by atoms with Crippen molar-refractivity contribution < 1.29 is 32.0 Å². The van der Waals surface area contributed by atoms with Crippen LogP contribution in [0.3, 0.4) is 0 Å². The van der Waals surface area contributed by atoms with Gasteiger partial charge in [-0.2, -0.15) is 8.42 Å². The molecule has 3 rings (SSSR count). The highest BCUT2D eigenvalue weighted by atomic mass is 32.2. The summed E-state index contributed by atoms with van der Waals surface area (Å²) >= 11 is 0. The van der Waals surface area contributed by atoms with Crippen LogP contribution in [-0.2, 0) is 32.5 Å². The molecule has 3 aromatic rings. The van der Waals surface area contributed by atoms with Crippen LogP contribution in [0.4, 0.5) is 0 Å². The van der Waals surface area contributed by atoms with Gasteiger partial charge in [-0.1, -0.05) is 42.5 Å². The van der Waals surface area contributed by atoms with E-state index in [0.29, 0.717) is 37.4 Å². The van der Waals surface area contributed by atoms with Gasteiger partial charge >= 0.3 is 10.1 Å². The summed E-state index contributed by atoms with van der Waals surface area (Å²) in [5.74, 6) is 0.864. The molecule has 0 heterocycles. The van der Waals surface area contributed by atoms with Crippen LogP contribution in [0.2, 0.25) is 0 Å². The smallest absolute Gasteiger partial charge is 0.306 e. The molecular weight excluding hydrogens is 494 g/mol. The van der Waals surface area contributed by atoms with Crippen molar-refractivity contribution in [2.75, 3.05) is 19.5 Å². The highest BCUT2D eigenvalue weighted by Crippen LogP contribution is 2.23. The van der Waals surface area contributed by atoms with E-state index < -0.39 is 16.2 Å². The van der Waals surface area contributed by atoms with E-state index in [0.717, 1.165) is 17.4 Å². The Morgan fingerprint density at radius 3 is 2.19 bits per heavy atom. The van der Waals surface area contributed by atoms with Crippen LogP contribution in [0.5, 0.6) is 17.2 Å². The second kappa shape index (κ2) is 13.1. The Labute approximate surface area is 218 Å². The highest BCUT2D eigenvalue weighted by molar-refractivity contribution is 7.86. The van der Waals surface area contributed by atoms with E-state index in [1.807, 2.05) is 44.2 Å². The van der Waals surface area contributed by atoms with Gasteiger partial charge in [0.1, 0.15) is 23.4 Å². The zero-order chi connectivity index (χ0) is 26.8. The third-order valence-electron chi connectivity index (χ3n) is 5.60. The molecule has 198 valence electrons. The first-order valence-corrected chi connectivity index (χ1v) is 13.9. The van der Waals surface area contributed by atoms with Gasteiger partial charge in [-0.15, -0.1) is 0 Å². The van der Waals surface area contributed by atoms with E-state index in [-0.39, 0.29) is 23.4 Å². The molecule has 1 unspecified atom stereocenters. The number of hydrogen-bond acceptors (Lipinski definition) is 7. The van der Waals surface area contributed by atoms with Crippen LogP contribution < -0.4 is 14.2 Å². The molecular formula is C28H33NO7S. The summed E-state index contributed by atoms with van der Waals surface area (Å²) < 4.78 is 38.8. The van der Waals surface area contributed by atoms with E-state index in [2.05, 4.69) is 5.32 Å². The number of phenols is 1. The second-order valence-electron chi connectivity index (χ2n) is 8.61. The van der Waals surface area contributed by atoms with Gasteiger partial charge in [0.25, 0.3) is 0 Å². The fourth-order valence-electron chi connectivity index (χ4n) is 3.78. The number of benzene rings is 3. The predicted molar refractivity (Wildman–Crippen MR) is 141 cm³/mol. The summed E-state index contributed by atoms with van der Waals surface area (Å²) in [6.45, 7) is 4.50. The topological polar surface area (TPSA) is 111 Å². The summed E-state index contributed by atoms with van der Waals surface area (Å²) in [6.07, 6.45) is 1.38. The molecule has 37 heavy (non-hydrogen) atoms. The Balaban J connectivity index is 1.50. The monoisotopic (exact) mass is 527 g/mol. The number of carbonyl (C=O) groups excluding carboxylic acids is 1. The van der Waals surface area contributed by atoms with Crippen molar-refractivity contribution in [3.05, 3.63) is 89.5 Å². The lowest BCUT2D eigenvalue weighted by Crippen LogP contribution is -2.39. The lowest BCUT2D eigenvalue weighted by molar-refractivity contribution is -0.133. The number of phenolic OH excluding ortho intramolecular Hbond substituents is 1. The number of amides is 1. The third kappa shape index (κ3) is 9.11. The van der Waals surface area contributed by atoms with Crippen LogP contribution in [0.1, 0.15) is 36.6 Å². The summed E-state index contributed by atoms with van der Waals surface area (Å²) in [5, 5.41) is 13.0. The molecule has 0 aliphatic rings. The van der Waals surface area contributed by atoms with Gasteiger partial charge in [-0.05, 0) is 55.3 Å². The first-order valence-electron chi connectivity index (χ1n) is 12.0. The van der Waals surface area contributed by atoms with E-state index >= 15 is 0 Å². The van der Waals surface area contributed by atoms with Gasteiger partial charge in [0.05, 0.1) is 18.9 Å². The molecule has 0 spiro atoms. The summed E-state index contributed by atoms with van der Waals surface area (Å²) in [6, 6.07) is 20.9. The minimum atomic E-state index is -3.55. The number of hydrogen-bond donors (Lipinski definition) is 2. The van der Waals surface area contributed by atoms with E-state index in [4.69, 9.17) is 13.7 Å². The van der Waals surface area contributed by atoms with Crippen LogP contribution >= 0.6 is 0 Å². The van der Waals surface area contributed by atoms with Crippen LogP contribution in [0, 0.1) is 0 Å². The molecule has 2 atom stereocenters. The minimum absolute atomic E-state index is 0.136. The lowest BCUT2D eigenvalue weighted by atomic mass is 10.0. The maximum absolute atomic E-state index is 12.9. The molecule has 0 aromatic heterocycles. The fourth-order valence-corrected chi connectivity index (χ4v) is 4.24. The van der Waals surface area contributed by atoms with Gasteiger partial charge in [0, 0.05) is 25.0 Å².